The number of benzene rings is 1. The van der Waals surface area contributed by atoms with E-state index in [0.29, 0.717) is 5.69 Å². The van der Waals surface area contributed by atoms with Crippen LogP contribution in [0.4, 0.5) is 5.69 Å². The maximum atomic E-state index is 11.9. The van der Waals surface area contributed by atoms with Gasteiger partial charge in [0, 0.05) is 12.2 Å². The number of anilines is 1. The van der Waals surface area contributed by atoms with E-state index >= 15 is 0 Å². The summed E-state index contributed by atoms with van der Waals surface area (Å²) in [5.41, 5.74) is 8.94. The average molecular weight is 352 g/mol. The first kappa shape index (κ1) is 15.6. The first-order chi connectivity index (χ1) is 10.0. The summed E-state index contributed by atoms with van der Waals surface area (Å²) in [4.78, 5) is 11.9. The third-order valence-electron chi connectivity index (χ3n) is 3.12. The minimum absolute atomic E-state index is 0.205. The predicted octanol–water partition coefficient (Wildman–Crippen LogP) is 2.84. The van der Waals surface area contributed by atoms with Crippen molar-refractivity contribution >= 4 is 27.6 Å². The first-order valence-corrected chi connectivity index (χ1v) is 7.52. The fourth-order valence-electron chi connectivity index (χ4n) is 2.08. The van der Waals surface area contributed by atoms with Gasteiger partial charge < -0.3 is 10.5 Å². The third-order valence-corrected chi connectivity index (χ3v) is 4.15. The molecule has 21 heavy (non-hydrogen) atoms. The molecule has 1 aromatic carbocycles. The molecule has 2 N–H and O–H groups in total. The van der Waals surface area contributed by atoms with Crippen LogP contribution in [0.15, 0.2) is 28.7 Å². The van der Waals surface area contributed by atoms with Crippen molar-refractivity contribution in [3.8, 4) is 0 Å². The van der Waals surface area contributed by atoms with Crippen molar-refractivity contribution < 1.29 is 9.53 Å². The van der Waals surface area contributed by atoms with Gasteiger partial charge in [0.1, 0.15) is 6.61 Å². The van der Waals surface area contributed by atoms with Gasteiger partial charge in [-0.3, -0.25) is 9.48 Å². The van der Waals surface area contributed by atoms with Crippen molar-refractivity contribution in [3.05, 3.63) is 45.7 Å². The Morgan fingerprint density at radius 3 is 2.90 bits per heavy atom. The number of nitrogens with zero attached hydrogens (tertiary/aromatic N) is 2. The molecular formula is C15H18BrN3O2. The van der Waals surface area contributed by atoms with Gasteiger partial charge in [-0.1, -0.05) is 12.1 Å². The quantitative estimate of drug-likeness (QED) is 0.664. The fourth-order valence-corrected chi connectivity index (χ4v) is 2.47. The van der Waals surface area contributed by atoms with Crippen molar-refractivity contribution in [2.45, 2.75) is 33.4 Å². The molecule has 2 rings (SSSR count). The predicted molar refractivity (Wildman–Crippen MR) is 84.7 cm³/mol. The Labute approximate surface area is 132 Å². The highest BCUT2D eigenvalue weighted by molar-refractivity contribution is 9.10. The Kier molecular flexibility index (Phi) is 5.01. The van der Waals surface area contributed by atoms with Crippen molar-refractivity contribution in [2.24, 2.45) is 0 Å². The summed E-state index contributed by atoms with van der Waals surface area (Å²) in [5.74, 6) is -0.283. The van der Waals surface area contributed by atoms with E-state index in [1.54, 1.807) is 12.1 Å². The second-order valence-electron chi connectivity index (χ2n) is 4.74. The largest absolute Gasteiger partial charge is 0.459 e. The van der Waals surface area contributed by atoms with Gasteiger partial charge >= 0.3 is 5.97 Å². The molecule has 0 aliphatic rings. The average Bonchev–Trinajstić information content (AvgIpc) is 2.72. The summed E-state index contributed by atoms with van der Waals surface area (Å²) < 4.78 is 8.05. The van der Waals surface area contributed by atoms with Crippen molar-refractivity contribution in [1.82, 2.24) is 9.78 Å². The van der Waals surface area contributed by atoms with E-state index in [2.05, 4.69) is 21.0 Å². The number of aryl methyl sites for hydroxylation is 2. The van der Waals surface area contributed by atoms with Crippen LogP contribution < -0.4 is 5.73 Å². The number of esters is 1. The van der Waals surface area contributed by atoms with Gasteiger partial charge in [0.2, 0.25) is 0 Å². The van der Waals surface area contributed by atoms with E-state index in [1.807, 2.05) is 30.7 Å². The third kappa shape index (κ3) is 3.85. The van der Waals surface area contributed by atoms with Gasteiger partial charge in [-0.25, -0.2) is 0 Å². The van der Waals surface area contributed by atoms with Gasteiger partial charge in [0.15, 0.2) is 0 Å². The maximum Gasteiger partial charge on any atom is 0.310 e. The summed E-state index contributed by atoms with van der Waals surface area (Å²) in [6, 6.07) is 7.24. The van der Waals surface area contributed by atoms with Gasteiger partial charge in [0.05, 0.1) is 22.3 Å². The zero-order valence-corrected chi connectivity index (χ0v) is 13.7. The molecule has 5 nitrogen and oxygen atoms in total. The molecular weight excluding hydrogens is 334 g/mol. The minimum Gasteiger partial charge on any atom is -0.459 e. The maximum absolute atomic E-state index is 11.9. The summed E-state index contributed by atoms with van der Waals surface area (Å²) >= 11 is 3.48. The van der Waals surface area contributed by atoms with E-state index in [1.165, 1.54) is 0 Å². The molecule has 0 radical (unpaired) electrons. The summed E-state index contributed by atoms with van der Waals surface area (Å²) in [5, 5.41) is 4.36. The molecule has 0 saturated heterocycles. The van der Waals surface area contributed by atoms with Crippen LogP contribution in [0.5, 0.6) is 0 Å². The van der Waals surface area contributed by atoms with Gasteiger partial charge in [-0.15, -0.1) is 0 Å². The van der Waals surface area contributed by atoms with Crippen LogP contribution in [0.1, 0.15) is 23.9 Å². The lowest BCUT2D eigenvalue weighted by atomic mass is 10.1. The number of rotatable bonds is 5. The Bertz CT molecular complexity index is 652. The number of carbonyl (C=O) groups excluding carboxylic acids is 1. The Morgan fingerprint density at radius 2 is 2.24 bits per heavy atom. The lowest BCUT2D eigenvalue weighted by molar-refractivity contribution is -0.144. The second-order valence-corrected chi connectivity index (χ2v) is 5.54. The van der Waals surface area contributed by atoms with E-state index in [-0.39, 0.29) is 19.0 Å². The van der Waals surface area contributed by atoms with Crippen LogP contribution in [-0.4, -0.2) is 15.7 Å². The van der Waals surface area contributed by atoms with Crippen molar-refractivity contribution in [1.29, 1.82) is 0 Å². The molecule has 0 saturated carbocycles. The summed E-state index contributed by atoms with van der Waals surface area (Å²) in [6.07, 6.45) is 0.210. The van der Waals surface area contributed by atoms with E-state index in [4.69, 9.17) is 10.5 Å². The van der Waals surface area contributed by atoms with E-state index in [0.717, 1.165) is 28.0 Å². The molecule has 0 amide bonds. The SMILES string of the molecule is CCn1nc(C)c(Br)c1COC(=O)Cc1cccc(N)c1. The molecule has 0 fully saturated rings. The molecule has 2 aromatic rings. The Hall–Kier alpha value is -1.82. The number of ether oxygens (including phenoxy) is 1. The number of hydrogen-bond acceptors (Lipinski definition) is 4. The monoisotopic (exact) mass is 351 g/mol. The van der Waals surface area contributed by atoms with Crippen LogP contribution >= 0.6 is 15.9 Å². The normalized spacial score (nSPS) is 10.6. The topological polar surface area (TPSA) is 70.1 Å². The molecule has 0 unspecified atom stereocenters. The van der Waals surface area contributed by atoms with E-state index < -0.39 is 0 Å². The lowest BCUT2D eigenvalue weighted by Gasteiger charge is -2.08. The van der Waals surface area contributed by atoms with Gasteiger partial charge in [-0.05, 0) is 47.5 Å². The molecule has 0 spiro atoms. The minimum atomic E-state index is -0.283. The highest BCUT2D eigenvalue weighted by Crippen LogP contribution is 2.22. The summed E-state index contributed by atoms with van der Waals surface area (Å²) in [7, 11) is 0. The highest BCUT2D eigenvalue weighted by atomic mass is 79.9. The Balaban J connectivity index is 1.98. The number of nitrogens with two attached hydrogens (primary N) is 1. The van der Waals surface area contributed by atoms with Crippen molar-refractivity contribution in [3.63, 3.8) is 0 Å². The van der Waals surface area contributed by atoms with E-state index in [9.17, 15) is 4.79 Å². The van der Waals surface area contributed by atoms with Gasteiger partial charge in [0.25, 0.3) is 0 Å². The molecule has 1 aromatic heterocycles. The van der Waals surface area contributed by atoms with Crippen LogP contribution in [0.25, 0.3) is 0 Å². The highest BCUT2D eigenvalue weighted by Gasteiger charge is 2.14. The van der Waals surface area contributed by atoms with Gasteiger partial charge in [-0.2, -0.15) is 5.10 Å². The smallest absolute Gasteiger partial charge is 0.310 e. The Morgan fingerprint density at radius 1 is 1.48 bits per heavy atom. The lowest BCUT2D eigenvalue weighted by Crippen LogP contribution is -2.11. The molecule has 0 aliphatic heterocycles. The van der Waals surface area contributed by atoms with Crippen LogP contribution in [0, 0.1) is 6.92 Å². The number of hydrogen-bond donors (Lipinski definition) is 1. The molecule has 0 bridgehead atoms. The molecule has 1 heterocycles. The van der Waals surface area contributed by atoms with Crippen LogP contribution in [0.2, 0.25) is 0 Å². The van der Waals surface area contributed by atoms with Crippen LogP contribution in [-0.2, 0) is 29.1 Å². The molecule has 6 heteroatoms. The number of aromatic nitrogens is 2. The molecule has 112 valence electrons. The first-order valence-electron chi connectivity index (χ1n) is 6.73. The van der Waals surface area contributed by atoms with Crippen LogP contribution in [0.3, 0.4) is 0 Å². The fraction of sp³-hybridized carbons (Fsp3) is 0.333. The number of halogens is 1. The summed E-state index contributed by atoms with van der Waals surface area (Å²) in [6.45, 7) is 4.84. The molecule has 0 atom stereocenters. The standard InChI is InChI=1S/C15H18BrN3O2/c1-3-19-13(15(16)10(2)18-19)9-21-14(20)8-11-5-4-6-12(17)7-11/h4-7H,3,8-9,17H2,1-2H3. The molecule has 0 aliphatic carbocycles. The zero-order chi connectivity index (χ0) is 15.4. The second kappa shape index (κ2) is 6.76. The number of carbonyl (C=O) groups is 1. The zero-order valence-electron chi connectivity index (χ0n) is 12.1. The number of nitrogen functional groups attached to an aromatic ring is 1. The van der Waals surface area contributed by atoms with Crippen molar-refractivity contribution in [2.75, 3.05) is 5.73 Å².